The maximum absolute atomic E-state index is 6.11. The lowest BCUT2D eigenvalue weighted by atomic mass is 10.3. The molecule has 5 heteroatoms. The topological polar surface area (TPSA) is 28.7 Å². The van der Waals surface area contributed by atoms with Gasteiger partial charge in [0.25, 0.3) is 0 Å². The summed E-state index contributed by atoms with van der Waals surface area (Å²) in [6.45, 7) is 2.07. The van der Waals surface area contributed by atoms with Crippen LogP contribution < -0.4 is 0 Å². The van der Waals surface area contributed by atoms with Crippen LogP contribution in [-0.4, -0.2) is 9.97 Å². The molecule has 0 radical (unpaired) electrons. The normalized spacial score (nSPS) is 11.2. The highest BCUT2D eigenvalue weighted by Crippen LogP contribution is 2.34. The number of benzene rings is 1. The predicted molar refractivity (Wildman–Crippen MR) is 76.9 cm³/mol. The van der Waals surface area contributed by atoms with Gasteiger partial charge in [-0.3, -0.25) is 0 Å². The number of imidazole rings is 1. The quantitative estimate of drug-likeness (QED) is 0.668. The molecule has 3 aromatic rings. The zero-order chi connectivity index (χ0) is 12.0. The summed E-state index contributed by atoms with van der Waals surface area (Å²) in [7, 11) is 0. The van der Waals surface area contributed by atoms with E-state index in [4.69, 9.17) is 11.6 Å². The van der Waals surface area contributed by atoms with E-state index in [9.17, 15) is 0 Å². The smallest absolute Gasteiger partial charge is 0.148 e. The van der Waals surface area contributed by atoms with Crippen molar-refractivity contribution in [3.63, 3.8) is 0 Å². The molecule has 1 N–H and O–H groups in total. The standard InChI is InChI=1S/C12H8BrClN2S/c1-6-5-9(17-11(6)13)12-15-8-4-2-3-7(14)10(8)16-12/h2-5H,1H3,(H,15,16). The molecule has 0 unspecified atom stereocenters. The van der Waals surface area contributed by atoms with E-state index in [2.05, 4.69) is 38.9 Å². The van der Waals surface area contributed by atoms with Crippen LogP contribution in [0.4, 0.5) is 0 Å². The fraction of sp³-hybridized carbons (Fsp3) is 0.0833. The molecule has 1 aromatic carbocycles. The molecule has 0 aliphatic carbocycles. The molecule has 0 bridgehead atoms. The van der Waals surface area contributed by atoms with E-state index in [1.54, 1.807) is 11.3 Å². The van der Waals surface area contributed by atoms with E-state index in [0.29, 0.717) is 5.02 Å². The number of aromatic amines is 1. The molecule has 0 saturated carbocycles. The minimum atomic E-state index is 0.678. The van der Waals surface area contributed by atoms with Crippen LogP contribution in [0, 0.1) is 6.92 Å². The largest absolute Gasteiger partial charge is 0.337 e. The molecule has 2 nitrogen and oxygen atoms in total. The molecule has 0 spiro atoms. The monoisotopic (exact) mass is 326 g/mol. The van der Waals surface area contributed by atoms with Crippen molar-refractivity contribution in [2.75, 3.05) is 0 Å². The van der Waals surface area contributed by atoms with E-state index in [-0.39, 0.29) is 0 Å². The molecule has 0 amide bonds. The number of hydrogen-bond acceptors (Lipinski definition) is 2. The van der Waals surface area contributed by atoms with Gasteiger partial charge in [0.05, 0.1) is 19.2 Å². The Bertz CT molecular complexity index is 682. The van der Waals surface area contributed by atoms with Crippen LogP contribution in [0.5, 0.6) is 0 Å². The van der Waals surface area contributed by atoms with E-state index in [1.165, 1.54) is 5.56 Å². The van der Waals surface area contributed by atoms with Gasteiger partial charge in [0.15, 0.2) is 0 Å². The first-order chi connectivity index (χ1) is 8.15. The van der Waals surface area contributed by atoms with Crippen molar-refractivity contribution in [2.24, 2.45) is 0 Å². The second-order valence-electron chi connectivity index (χ2n) is 3.79. The van der Waals surface area contributed by atoms with Crippen LogP contribution >= 0.6 is 38.9 Å². The summed E-state index contributed by atoms with van der Waals surface area (Å²) in [5, 5.41) is 0.678. The summed E-state index contributed by atoms with van der Waals surface area (Å²) in [6.07, 6.45) is 0. The van der Waals surface area contributed by atoms with Crippen LogP contribution in [0.3, 0.4) is 0 Å². The van der Waals surface area contributed by atoms with Crippen molar-refractivity contribution < 1.29 is 0 Å². The zero-order valence-corrected chi connectivity index (χ0v) is 12.1. The SMILES string of the molecule is Cc1cc(-c2nc3c(Cl)cccc3[nH]2)sc1Br. The van der Waals surface area contributed by atoms with Gasteiger partial charge in [0.1, 0.15) is 11.3 Å². The number of hydrogen-bond donors (Lipinski definition) is 1. The molecule has 0 atom stereocenters. The van der Waals surface area contributed by atoms with E-state index in [1.807, 2.05) is 18.2 Å². The number of nitrogens with one attached hydrogen (secondary N) is 1. The Morgan fingerprint density at radius 1 is 1.41 bits per heavy atom. The Labute approximate surface area is 116 Å². The predicted octanol–water partition coefficient (Wildman–Crippen LogP) is 5.02. The average Bonchev–Trinajstić information content (AvgIpc) is 2.85. The molecule has 0 fully saturated rings. The zero-order valence-electron chi connectivity index (χ0n) is 8.92. The van der Waals surface area contributed by atoms with Crippen molar-refractivity contribution in [1.82, 2.24) is 9.97 Å². The third kappa shape index (κ3) is 1.90. The van der Waals surface area contributed by atoms with Crippen LogP contribution in [0.15, 0.2) is 28.1 Å². The highest BCUT2D eigenvalue weighted by atomic mass is 79.9. The minimum absolute atomic E-state index is 0.678. The average molecular weight is 328 g/mol. The molecule has 2 aromatic heterocycles. The van der Waals surface area contributed by atoms with Crippen LogP contribution in [-0.2, 0) is 0 Å². The van der Waals surface area contributed by atoms with Gasteiger partial charge in [-0.05, 0) is 46.6 Å². The van der Waals surface area contributed by atoms with Gasteiger partial charge in [-0.1, -0.05) is 17.7 Å². The Morgan fingerprint density at radius 3 is 2.88 bits per heavy atom. The third-order valence-electron chi connectivity index (χ3n) is 2.55. The molecule has 0 aliphatic rings. The summed E-state index contributed by atoms with van der Waals surface area (Å²) >= 11 is 11.3. The van der Waals surface area contributed by atoms with E-state index < -0.39 is 0 Å². The Morgan fingerprint density at radius 2 is 2.24 bits per heavy atom. The number of aryl methyl sites for hydroxylation is 1. The number of thiophene rings is 1. The van der Waals surface area contributed by atoms with Gasteiger partial charge in [-0.25, -0.2) is 4.98 Å². The van der Waals surface area contributed by atoms with Gasteiger partial charge in [-0.2, -0.15) is 0 Å². The van der Waals surface area contributed by atoms with Gasteiger partial charge >= 0.3 is 0 Å². The second-order valence-corrected chi connectivity index (χ2v) is 6.57. The summed E-state index contributed by atoms with van der Waals surface area (Å²) in [5.74, 6) is 0.868. The summed E-state index contributed by atoms with van der Waals surface area (Å²) in [5.41, 5.74) is 3.01. The minimum Gasteiger partial charge on any atom is -0.337 e. The molecule has 2 heterocycles. The molecule has 0 saturated heterocycles. The van der Waals surface area contributed by atoms with Crippen molar-refractivity contribution in [3.8, 4) is 10.7 Å². The first kappa shape index (κ1) is 11.3. The van der Waals surface area contributed by atoms with E-state index >= 15 is 0 Å². The van der Waals surface area contributed by atoms with Gasteiger partial charge < -0.3 is 4.98 Å². The Kier molecular flexibility index (Phi) is 2.73. The van der Waals surface area contributed by atoms with Crippen molar-refractivity contribution >= 4 is 49.9 Å². The number of H-pyrrole nitrogens is 1. The van der Waals surface area contributed by atoms with Crippen molar-refractivity contribution in [1.29, 1.82) is 0 Å². The lowest BCUT2D eigenvalue weighted by Gasteiger charge is -1.88. The number of nitrogens with zero attached hydrogens (tertiary/aromatic N) is 1. The number of para-hydroxylation sites is 1. The third-order valence-corrected chi connectivity index (χ3v) is 5.00. The molecule has 0 aliphatic heterocycles. The van der Waals surface area contributed by atoms with Crippen LogP contribution in [0.2, 0.25) is 5.02 Å². The second kappa shape index (κ2) is 4.12. The maximum atomic E-state index is 6.11. The van der Waals surface area contributed by atoms with Gasteiger partial charge in [-0.15, -0.1) is 11.3 Å². The first-order valence-electron chi connectivity index (χ1n) is 5.05. The molecular weight excluding hydrogens is 320 g/mol. The van der Waals surface area contributed by atoms with Crippen molar-refractivity contribution in [2.45, 2.75) is 6.92 Å². The van der Waals surface area contributed by atoms with E-state index in [0.717, 1.165) is 25.5 Å². The summed E-state index contributed by atoms with van der Waals surface area (Å²) in [6, 6.07) is 7.86. The maximum Gasteiger partial charge on any atom is 0.148 e. The highest BCUT2D eigenvalue weighted by molar-refractivity contribution is 9.11. The van der Waals surface area contributed by atoms with Gasteiger partial charge in [0, 0.05) is 0 Å². The van der Waals surface area contributed by atoms with Crippen LogP contribution in [0.1, 0.15) is 5.56 Å². The summed E-state index contributed by atoms with van der Waals surface area (Å²) in [4.78, 5) is 8.94. The Hall–Kier alpha value is -0.840. The molecule has 3 rings (SSSR count). The summed E-state index contributed by atoms with van der Waals surface area (Å²) < 4.78 is 1.14. The first-order valence-corrected chi connectivity index (χ1v) is 7.04. The number of fused-ring (bicyclic) bond motifs is 1. The number of halogens is 2. The van der Waals surface area contributed by atoms with Crippen molar-refractivity contribution in [3.05, 3.63) is 38.6 Å². The molecule has 17 heavy (non-hydrogen) atoms. The lowest BCUT2D eigenvalue weighted by molar-refractivity contribution is 1.35. The molecular formula is C12H8BrClN2S. The van der Waals surface area contributed by atoms with Gasteiger partial charge in [0.2, 0.25) is 0 Å². The molecule has 86 valence electrons. The fourth-order valence-electron chi connectivity index (χ4n) is 1.69. The highest BCUT2D eigenvalue weighted by Gasteiger charge is 2.11. The fourth-order valence-corrected chi connectivity index (χ4v) is 3.39. The number of aromatic nitrogens is 2. The Balaban J connectivity index is 2.21. The number of rotatable bonds is 1. The van der Waals surface area contributed by atoms with Crippen LogP contribution in [0.25, 0.3) is 21.7 Å². The lowest BCUT2D eigenvalue weighted by Crippen LogP contribution is -1.73.